The third-order valence-corrected chi connectivity index (χ3v) is 6.29. The molecular formula is C19H22N2O4S. The van der Waals surface area contributed by atoms with E-state index in [-0.39, 0.29) is 21.5 Å². The lowest BCUT2D eigenvalue weighted by atomic mass is 10.1. The van der Waals surface area contributed by atoms with Gasteiger partial charge in [-0.25, -0.2) is 8.42 Å². The zero-order valence-corrected chi connectivity index (χ0v) is 15.4. The van der Waals surface area contributed by atoms with Crippen LogP contribution in [0.3, 0.4) is 0 Å². The Labute approximate surface area is 153 Å². The highest BCUT2D eigenvalue weighted by atomic mass is 32.2. The monoisotopic (exact) mass is 374 g/mol. The molecule has 0 spiro atoms. The summed E-state index contributed by atoms with van der Waals surface area (Å²) in [5, 5.41) is 0. The number of piperidine rings is 1. The predicted molar refractivity (Wildman–Crippen MR) is 98.0 cm³/mol. The Bertz CT molecular complexity index is 894. The summed E-state index contributed by atoms with van der Waals surface area (Å²) in [4.78, 5) is 13.8. The number of carbonyl (C=O) groups excluding carboxylic acids is 1. The molecule has 1 saturated heterocycles. The van der Waals surface area contributed by atoms with Crippen molar-refractivity contribution >= 4 is 15.7 Å². The molecule has 1 aliphatic heterocycles. The number of nitrogens with two attached hydrogens (primary N) is 1. The van der Waals surface area contributed by atoms with E-state index < -0.39 is 15.7 Å². The Kier molecular flexibility index (Phi) is 5.29. The third kappa shape index (κ3) is 3.89. The fourth-order valence-electron chi connectivity index (χ4n) is 3.14. The number of primary amides is 1. The van der Waals surface area contributed by atoms with Gasteiger partial charge in [0.05, 0.1) is 15.4 Å². The van der Waals surface area contributed by atoms with Crippen LogP contribution in [0.1, 0.15) is 23.2 Å². The van der Waals surface area contributed by atoms with Crippen molar-refractivity contribution < 1.29 is 17.9 Å². The maximum absolute atomic E-state index is 12.8. The Morgan fingerprint density at radius 3 is 2.50 bits per heavy atom. The summed E-state index contributed by atoms with van der Waals surface area (Å²) in [6.45, 7) is 1.92. The molecule has 2 aromatic carbocycles. The molecule has 0 aromatic heterocycles. The molecule has 0 saturated carbocycles. The van der Waals surface area contributed by atoms with Crippen LogP contribution in [0.4, 0.5) is 0 Å². The lowest BCUT2D eigenvalue weighted by Gasteiger charge is -2.30. The zero-order chi connectivity index (χ0) is 18.7. The van der Waals surface area contributed by atoms with Crippen molar-refractivity contribution in [3.05, 3.63) is 54.1 Å². The first-order chi connectivity index (χ1) is 12.4. The number of nitrogens with zero attached hydrogens (tertiary/aromatic N) is 1. The SMILES string of the molecule is CN1CCC[C@@H](Oc2ccc(S(=O)(=O)c3ccccc3C(N)=O)cc2)C1. The van der Waals surface area contributed by atoms with Gasteiger partial charge in [0.15, 0.2) is 0 Å². The van der Waals surface area contributed by atoms with E-state index in [2.05, 4.69) is 11.9 Å². The molecule has 1 heterocycles. The van der Waals surface area contributed by atoms with E-state index in [1.807, 2.05) is 0 Å². The van der Waals surface area contributed by atoms with Gasteiger partial charge in [-0.2, -0.15) is 0 Å². The lowest BCUT2D eigenvalue weighted by molar-refractivity contribution is 0.0997. The molecule has 1 aliphatic rings. The van der Waals surface area contributed by atoms with Gasteiger partial charge in [0, 0.05) is 6.54 Å². The fraction of sp³-hybridized carbons (Fsp3) is 0.316. The summed E-state index contributed by atoms with van der Waals surface area (Å²) >= 11 is 0. The van der Waals surface area contributed by atoms with Crippen LogP contribution in [0.15, 0.2) is 58.3 Å². The minimum atomic E-state index is -3.84. The maximum Gasteiger partial charge on any atom is 0.250 e. The second kappa shape index (κ2) is 7.47. The number of likely N-dealkylation sites (tertiary alicyclic amines) is 1. The molecule has 2 N–H and O–H groups in total. The van der Waals surface area contributed by atoms with E-state index >= 15 is 0 Å². The van der Waals surface area contributed by atoms with E-state index in [1.54, 1.807) is 24.3 Å². The highest BCUT2D eigenvalue weighted by Crippen LogP contribution is 2.26. The van der Waals surface area contributed by atoms with E-state index in [0.29, 0.717) is 5.75 Å². The van der Waals surface area contributed by atoms with E-state index in [4.69, 9.17) is 10.5 Å². The van der Waals surface area contributed by atoms with Crippen molar-refractivity contribution in [3.8, 4) is 5.75 Å². The van der Waals surface area contributed by atoms with Crippen molar-refractivity contribution in [2.24, 2.45) is 5.73 Å². The molecule has 1 atom stereocenters. The van der Waals surface area contributed by atoms with E-state index in [1.165, 1.54) is 24.3 Å². The van der Waals surface area contributed by atoms with E-state index in [9.17, 15) is 13.2 Å². The summed E-state index contributed by atoms with van der Waals surface area (Å²) in [6, 6.07) is 12.2. The molecule has 7 heteroatoms. The number of hydrogen-bond acceptors (Lipinski definition) is 5. The van der Waals surface area contributed by atoms with Crippen LogP contribution in [-0.4, -0.2) is 45.5 Å². The zero-order valence-electron chi connectivity index (χ0n) is 14.6. The molecule has 138 valence electrons. The highest BCUT2D eigenvalue weighted by molar-refractivity contribution is 7.91. The first kappa shape index (κ1) is 18.4. The summed E-state index contributed by atoms with van der Waals surface area (Å²) in [5.74, 6) is -0.141. The summed E-state index contributed by atoms with van der Waals surface area (Å²) in [6.07, 6.45) is 2.17. The fourth-order valence-corrected chi connectivity index (χ4v) is 4.60. The van der Waals surface area contributed by atoms with Crippen molar-refractivity contribution in [1.29, 1.82) is 0 Å². The van der Waals surface area contributed by atoms with Crippen LogP contribution in [-0.2, 0) is 9.84 Å². The summed E-state index contributed by atoms with van der Waals surface area (Å²) in [7, 11) is -1.78. The smallest absolute Gasteiger partial charge is 0.250 e. The number of likely N-dealkylation sites (N-methyl/N-ethyl adjacent to an activating group) is 1. The second-order valence-corrected chi connectivity index (χ2v) is 8.40. The molecule has 6 nitrogen and oxygen atoms in total. The van der Waals surface area contributed by atoms with E-state index in [0.717, 1.165) is 25.9 Å². The Morgan fingerprint density at radius 2 is 1.85 bits per heavy atom. The van der Waals surface area contributed by atoms with Gasteiger partial charge in [-0.05, 0) is 62.8 Å². The van der Waals surface area contributed by atoms with Gasteiger partial charge in [-0.1, -0.05) is 12.1 Å². The topological polar surface area (TPSA) is 89.7 Å². The number of hydrogen-bond donors (Lipinski definition) is 1. The number of amides is 1. The van der Waals surface area contributed by atoms with Crippen LogP contribution in [0.25, 0.3) is 0 Å². The molecule has 0 radical (unpaired) electrons. The quantitative estimate of drug-likeness (QED) is 0.865. The third-order valence-electron chi connectivity index (χ3n) is 4.46. The number of carbonyl (C=O) groups is 1. The van der Waals surface area contributed by atoms with Gasteiger partial charge in [-0.3, -0.25) is 4.79 Å². The number of ether oxygens (including phenoxy) is 1. The molecule has 0 bridgehead atoms. The molecule has 1 fully saturated rings. The molecule has 26 heavy (non-hydrogen) atoms. The van der Waals surface area contributed by atoms with Crippen molar-refractivity contribution in [2.75, 3.05) is 20.1 Å². The standard InChI is InChI=1S/C19H22N2O4S/c1-21-12-4-5-15(13-21)25-14-8-10-16(11-9-14)26(23,24)18-7-3-2-6-17(18)19(20)22/h2-3,6-11,15H,4-5,12-13H2,1H3,(H2,20,22)/t15-/m1/s1. The van der Waals surface area contributed by atoms with Crippen LogP contribution < -0.4 is 10.5 Å². The van der Waals surface area contributed by atoms with Gasteiger partial charge in [-0.15, -0.1) is 0 Å². The molecule has 0 unspecified atom stereocenters. The van der Waals surface area contributed by atoms with Gasteiger partial charge in [0.25, 0.3) is 0 Å². The minimum absolute atomic E-state index is 0.0157. The predicted octanol–water partition coefficient (Wildman–Crippen LogP) is 2.09. The van der Waals surface area contributed by atoms with Crippen LogP contribution >= 0.6 is 0 Å². The first-order valence-electron chi connectivity index (χ1n) is 8.47. The molecular weight excluding hydrogens is 352 g/mol. The average molecular weight is 374 g/mol. The Balaban J connectivity index is 1.83. The molecule has 0 aliphatic carbocycles. The molecule has 2 aromatic rings. The lowest BCUT2D eigenvalue weighted by Crippen LogP contribution is -2.38. The first-order valence-corrected chi connectivity index (χ1v) is 9.95. The van der Waals surface area contributed by atoms with Crippen LogP contribution in [0, 0.1) is 0 Å². The van der Waals surface area contributed by atoms with Crippen molar-refractivity contribution in [1.82, 2.24) is 4.90 Å². The maximum atomic E-state index is 12.8. The minimum Gasteiger partial charge on any atom is -0.489 e. The molecule has 1 amide bonds. The second-order valence-electron chi connectivity index (χ2n) is 6.48. The normalized spacial score (nSPS) is 18.4. The molecule has 3 rings (SSSR count). The van der Waals surface area contributed by atoms with Crippen molar-refractivity contribution in [2.45, 2.75) is 28.7 Å². The average Bonchev–Trinajstić information content (AvgIpc) is 2.62. The van der Waals surface area contributed by atoms with Crippen LogP contribution in [0.5, 0.6) is 5.75 Å². The highest BCUT2D eigenvalue weighted by Gasteiger charge is 2.24. The van der Waals surface area contributed by atoms with Gasteiger partial charge >= 0.3 is 0 Å². The number of rotatable bonds is 5. The van der Waals surface area contributed by atoms with Gasteiger partial charge in [0.1, 0.15) is 11.9 Å². The Morgan fingerprint density at radius 1 is 1.15 bits per heavy atom. The van der Waals surface area contributed by atoms with Gasteiger partial charge < -0.3 is 15.4 Å². The Hall–Kier alpha value is -2.38. The van der Waals surface area contributed by atoms with Crippen molar-refractivity contribution in [3.63, 3.8) is 0 Å². The largest absolute Gasteiger partial charge is 0.489 e. The number of benzene rings is 2. The van der Waals surface area contributed by atoms with Crippen LogP contribution in [0.2, 0.25) is 0 Å². The summed E-state index contributed by atoms with van der Waals surface area (Å²) < 4.78 is 31.6. The number of sulfone groups is 1. The summed E-state index contributed by atoms with van der Waals surface area (Å²) in [5.41, 5.74) is 5.29. The van der Waals surface area contributed by atoms with Gasteiger partial charge in [0.2, 0.25) is 15.7 Å².